The van der Waals surface area contributed by atoms with Crippen molar-refractivity contribution in [3.05, 3.63) is 28.7 Å². The van der Waals surface area contributed by atoms with Crippen LogP contribution in [0.3, 0.4) is 0 Å². The Hall–Kier alpha value is -1.73. The third-order valence-corrected chi connectivity index (χ3v) is 3.03. The molecule has 1 atom stereocenters. The zero-order chi connectivity index (χ0) is 15.0. The second kappa shape index (κ2) is 8.44. The van der Waals surface area contributed by atoms with Gasteiger partial charge in [0.2, 0.25) is 5.01 Å². The van der Waals surface area contributed by atoms with E-state index < -0.39 is 18.0 Å². The molecule has 0 aliphatic rings. The van der Waals surface area contributed by atoms with E-state index in [4.69, 9.17) is 14.2 Å². The minimum absolute atomic E-state index is 0.00344. The Labute approximate surface area is 121 Å². The molecule has 0 aliphatic carbocycles. The second-order valence-electron chi connectivity index (χ2n) is 3.74. The van der Waals surface area contributed by atoms with Crippen LogP contribution in [0, 0.1) is 0 Å². The molecule has 1 unspecified atom stereocenters. The summed E-state index contributed by atoms with van der Waals surface area (Å²) in [5.74, 6) is -0.963. The van der Waals surface area contributed by atoms with Gasteiger partial charge in [0, 0.05) is 5.38 Å². The summed E-state index contributed by atoms with van der Waals surface area (Å²) in [6.45, 7) is 7.37. The Morgan fingerprint density at radius 1 is 1.50 bits per heavy atom. The fraction of sp³-hybridized carbons (Fsp3) is 0.462. The van der Waals surface area contributed by atoms with Crippen LogP contribution in [0.4, 0.5) is 0 Å². The van der Waals surface area contributed by atoms with Crippen LogP contribution in [-0.2, 0) is 25.6 Å². The zero-order valence-electron chi connectivity index (χ0n) is 11.5. The van der Waals surface area contributed by atoms with Gasteiger partial charge in [-0.1, -0.05) is 6.08 Å². The SMILES string of the molecule is C=CCOC(C)C(=O)OCc1csc(C(=O)OCC)n1. The highest BCUT2D eigenvalue weighted by Gasteiger charge is 2.16. The van der Waals surface area contributed by atoms with Crippen LogP contribution in [-0.4, -0.2) is 36.2 Å². The smallest absolute Gasteiger partial charge is 0.367 e. The zero-order valence-corrected chi connectivity index (χ0v) is 12.3. The molecule has 1 aromatic rings. The number of carbonyl (C=O) groups is 2. The van der Waals surface area contributed by atoms with E-state index >= 15 is 0 Å². The Bertz CT molecular complexity index is 471. The molecule has 1 rings (SSSR count). The number of ether oxygens (including phenoxy) is 3. The molecule has 1 aromatic heterocycles. The van der Waals surface area contributed by atoms with Gasteiger partial charge in [0.1, 0.15) is 6.61 Å². The summed E-state index contributed by atoms with van der Waals surface area (Å²) in [5.41, 5.74) is 0.502. The molecule has 20 heavy (non-hydrogen) atoms. The number of carbonyl (C=O) groups excluding carboxylic acids is 2. The van der Waals surface area contributed by atoms with Crippen LogP contribution in [0.5, 0.6) is 0 Å². The van der Waals surface area contributed by atoms with Gasteiger partial charge in [0.15, 0.2) is 6.10 Å². The van der Waals surface area contributed by atoms with Gasteiger partial charge in [-0.15, -0.1) is 17.9 Å². The minimum Gasteiger partial charge on any atom is -0.461 e. The first-order valence-corrected chi connectivity index (χ1v) is 6.97. The van der Waals surface area contributed by atoms with Crippen LogP contribution in [0.1, 0.15) is 29.3 Å². The van der Waals surface area contributed by atoms with Gasteiger partial charge in [-0.2, -0.15) is 0 Å². The van der Waals surface area contributed by atoms with Crippen molar-refractivity contribution in [3.63, 3.8) is 0 Å². The molecule has 110 valence electrons. The normalized spacial score (nSPS) is 11.7. The van der Waals surface area contributed by atoms with Gasteiger partial charge in [-0.25, -0.2) is 14.6 Å². The molecule has 0 aliphatic heterocycles. The molecule has 0 spiro atoms. The van der Waals surface area contributed by atoms with Gasteiger partial charge in [-0.05, 0) is 13.8 Å². The van der Waals surface area contributed by atoms with E-state index in [-0.39, 0.29) is 18.2 Å². The molecule has 0 saturated heterocycles. The van der Waals surface area contributed by atoms with Crippen LogP contribution < -0.4 is 0 Å². The highest BCUT2D eigenvalue weighted by molar-refractivity contribution is 7.11. The minimum atomic E-state index is -0.670. The van der Waals surface area contributed by atoms with Crippen LogP contribution in [0.25, 0.3) is 0 Å². The van der Waals surface area contributed by atoms with Crippen LogP contribution in [0.15, 0.2) is 18.0 Å². The monoisotopic (exact) mass is 299 g/mol. The van der Waals surface area contributed by atoms with Gasteiger partial charge in [0.25, 0.3) is 0 Å². The van der Waals surface area contributed by atoms with Gasteiger partial charge >= 0.3 is 11.9 Å². The number of aromatic nitrogens is 1. The summed E-state index contributed by atoms with van der Waals surface area (Å²) < 4.78 is 15.0. The predicted molar refractivity (Wildman–Crippen MR) is 73.5 cm³/mol. The van der Waals surface area contributed by atoms with E-state index in [0.29, 0.717) is 12.3 Å². The standard InChI is InChI=1S/C13H17NO5S/c1-4-6-18-9(3)12(15)19-7-10-8-20-11(14-10)13(16)17-5-2/h4,8-9H,1,5-7H2,2-3H3. The van der Waals surface area contributed by atoms with Gasteiger partial charge < -0.3 is 14.2 Å². The van der Waals surface area contributed by atoms with Crippen LogP contribution in [0.2, 0.25) is 0 Å². The maximum atomic E-state index is 11.6. The fourth-order valence-corrected chi connectivity index (χ4v) is 1.90. The lowest BCUT2D eigenvalue weighted by atomic mass is 10.4. The molecule has 0 radical (unpaired) electrons. The molecule has 1 heterocycles. The topological polar surface area (TPSA) is 74.7 Å². The van der Waals surface area contributed by atoms with E-state index in [2.05, 4.69) is 11.6 Å². The first-order valence-electron chi connectivity index (χ1n) is 6.09. The van der Waals surface area contributed by atoms with Crippen molar-refractivity contribution in [3.8, 4) is 0 Å². The predicted octanol–water partition coefficient (Wildman–Crippen LogP) is 1.95. The number of rotatable bonds is 8. The lowest BCUT2D eigenvalue weighted by molar-refractivity contribution is -0.156. The molecule has 7 heteroatoms. The van der Waals surface area contributed by atoms with Crippen molar-refractivity contribution >= 4 is 23.3 Å². The summed E-state index contributed by atoms with van der Waals surface area (Å²) in [6.07, 6.45) is 0.881. The number of hydrogen-bond acceptors (Lipinski definition) is 7. The number of esters is 2. The summed E-state index contributed by atoms with van der Waals surface area (Å²) in [6, 6.07) is 0. The largest absolute Gasteiger partial charge is 0.461 e. The lowest BCUT2D eigenvalue weighted by Crippen LogP contribution is -2.23. The third-order valence-electron chi connectivity index (χ3n) is 2.16. The molecule has 6 nitrogen and oxygen atoms in total. The van der Waals surface area contributed by atoms with E-state index in [0.717, 1.165) is 11.3 Å². The quantitative estimate of drug-likeness (QED) is 0.539. The molecular formula is C13H17NO5S. The second-order valence-corrected chi connectivity index (χ2v) is 4.59. The van der Waals surface area contributed by atoms with Gasteiger partial charge in [0.05, 0.1) is 18.9 Å². The first-order chi connectivity index (χ1) is 9.58. The molecular weight excluding hydrogens is 282 g/mol. The van der Waals surface area contributed by atoms with E-state index in [9.17, 15) is 9.59 Å². The highest BCUT2D eigenvalue weighted by atomic mass is 32.1. The third kappa shape index (κ3) is 5.10. The Kier molecular flexibility index (Phi) is 6.89. The number of hydrogen-bond donors (Lipinski definition) is 0. The molecule has 0 saturated carbocycles. The van der Waals surface area contributed by atoms with Crippen LogP contribution >= 0.6 is 11.3 Å². The molecule has 0 amide bonds. The van der Waals surface area contributed by atoms with Crippen molar-refractivity contribution in [2.24, 2.45) is 0 Å². The number of nitrogens with zero attached hydrogens (tertiary/aromatic N) is 1. The van der Waals surface area contributed by atoms with E-state index in [1.807, 2.05) is 0 Å². The van der Waals surface area contributed by atoms with Crippen molar-refractivity contribution in [1.82, 2.24) is 4.98 Å². The molecule has 0 aromatic carbocycles. The average molecular weight is 299 g/mol. The Morgan fingerprint density at radius 3 is 2.90 bits per heavy atom. The molecule has 0 fully saturated rings. The first kappa shape index (κ1) is 16.3. The van der Waals surface area contributed by atoms with Crippen molar-refractivity contribution in [2.45, 2.75) is 26.6 Å². The molecule has 0 N–H and O–H groups in total. The number of thiazole rings is 1. The fourth-order valence-electron chi connectivity index (χ4n) is 1.20. The lowest BCUT2D eigenvalue weighted by Gasteiger charge is -2.10. The van der Waals surface area contributed by atoms with Crippen molar-refractivity contribution < 1.29 is 23.8 Å². The Morgan fingerprint density at radius 2 is 2.25 bits per heavy atom. The maximum Gasteiger partial charge on any atom is 0.367 e. The average Bonchev–Trinajstić information content (AvgIpc) is 2.91. The summed E-state index contributed by atoms with van der Waals surface area (Å²) >= 11 is 1.15. The molecule has 0 bridgehead atoms. The summed E-state index contributed by atoms with van der Waals surface area (Å²) in [5, 5.41) is 1.89. The maximum absolute atomic E-state index is 11.6. The van der Waals surface area contributed by atoms with E-state index in [1.165, 1.54) is 0 Å². The van der Waals surface area contributed by atoms with Crippen molar-refractivity contribution in [1.29, 1.82) is 0 Å². The highest BCUT2D eigenvalue weighted by Crippen LogP contribution is 2.12. The van der Waals surface area contributed by atoms with Crippen molar-refractivity contribution in [2.75, 3.05) is 13.2 Å². The van der Waals surface area contributed by atoms with Gasteiger partial charge in [-0.3, -0.25) is 0 Å². The van der Waals surface area contributed by atoms with E-state index in [1.54, 1.807) is 25.3 Å². The summed E-state index contributed by atoms with van der Waals surface area (Å²) in [4.78, 5) is 27.0. The summed E-state index contributed by atoms with van der Waals surface area (Å²) in [7, 11) is 0. The Balaban J connectivity index is 2.44.